The minimum absolute atomic E-state index is 0.0126. The zero-order valence-electron chi connectivity index (χ0n) is 21.6. The average Bonchev–Trinajstić information content (AvgIpc) is 3.86. The van der Waals surface area contributed by atoms with Crippen LogP contribution < -0.4 is 4.31 Å². The normalized spacial score (nSPS) is 23.1. The van der Waals surface area contributed by atoms with E-state index in [1.165, 1.54) is 6.07 Å². The SMILES string of the molecule is Cc1nc(CC2OCC(c3ccc(Cl)cc3)N(C(CN(c3ccccc3F)S(=O)C3CC3)C3CC3)C2=O)n[nH]1. The van der Waals surface area contributed by atoms with Gasteiger partial charge < -0.3 is 9.64 Å². The molecule has 0 bridgehead atoms. The molecule has 0 radical (unpaired) electrons. The van der Waals surface area contributed by atoms with Crippen molar-refractivity contribution >= 4 is 34.2 Å². The second kappa shape index (κ2) is 11.0. The molecule has 1 amide bonds. The van der Waals surface area contributed by atoms with E-state index in [1.54, 1.807) is 22.5 Å². The molecule has 1 saturated heterocycles. The lowest BCUT2D eigenvalue weighted by molar-refractivity contribution is -0.164. The Morgan fingerprint density at radius 3 is 2.56 bits per heavy atom. The van der Waals surface area contributed by atoms with Crippen molar-refractivity contribution in [2.75, 3.05) is 17.5 Å². The van der Waals surface area contributed by atoms with Crippen LogP contribution in [0.1, 0.15) is 48.9 Å². The number of H-pyrrole nitrogens is 1. The first kappa shape index (κ1) is 26.4. The number of benzene rings is 2. The third-order valence-electron chi connectivity index (χ3n) is 7.61. The fraction of sp³-hybridized carbons (Fsp3) is 0.464. The van der Waals surface area contributed by atoms with E-state index in [2.05, 4.69) is 15.2 Å². The Kier molecular flexibility index (Phi) is 7.43. The maximum atomic E-state index is 15.0. The van der Waals surface area contributed by atoms with Crippen LogP contribution >= 0.6 is 11.6 Å². The highest BCUT2D eigenvalue weighted by atomic mass is 35.5. The first-order valence-corrected chi connectivity index (χ1v) is 14.9. The van der Waals surface area contributed by atoms with Crippen LogP contribution in [0.4, 0.5) is 10.1 Å². The summed E-state index contributed by atoms with van der Waals surface area (Å²) in [5, 5.41) is 7.65. The average molecular weight is 572 g/mol. The summed E-state index contributed by atoms with van der Waals surface area (Å²) >= 11 is 6.17. The Labute approximate surface area is 234 Å². The molecule has 3 fully saturated rings. The summed E-state index contributed by atoms with van der Waals surface area (Å²) < 4.78 is 36.5. The van der Waals surface area contributed by atoms with Gasteiger partial charge in [-0.3, -0.25) is 14.2 Å². The standard InChI is InChI=1S/C28H31ClFN5O3S/c1-17-31-27(33-32-17)14-26-28(36)35(25(16-38-26)19-8-10-20(29)11-9-19)24(18-6-7-18)15-34(39(37)21-12-13-21)23-5-3-2-4-22(23)30/h2-5,8-11,18,21,24-26H,6-7,12-16H2,1H3,(H,31,32,33). The van der Waals surface area contributed by atoms with Gasteiger partial charge in [-0.1, -0.05) is 35.9 Å². The minimum atomic E-state index is -1.40. The predicted octanol–water partition coefficient (Wildman–Crippen LogP) is 4.53. The number of hydrogen-bond donors (Lipinski definition) is 1. The van der Waals surface area contributed by atoms with Crippen LogP contribution in [0.25, 0.3) is 0 Å². The molecule has 206 valence electrons. The molecule has 8 nitrogen and oxygen atoms in total. The lowest BCUT2D eigenvalue weighted by Gasteiger charge is -2.45. The summed E-state index contributed by atoms with van der Waals surface area (Å²) in [6.07, 6.45) is 3.11. The summed E-state index contributed by atoms with van der Waals surface area (Å²) in [6, 6.07) is 13.3. The number of para-hydroxylation sites is 1. The van der Waals surface area contributed by atoms with Gasteiger partial charge >= 0.3 is 0 Å². The van der Waals surface area contributed by atoms with Gasteiger partial charge in [-0.05, 0) is 68.4 Å². The molecular formula is C28H31ClFN5O3S. The van der Waals surface area contributed by atoms with Gasteiger partial charge in [0, 0.05) is 11.4 Å². The molecule has 6 rings (SSSR count). The Hall–Kier alpha value is -2.82. The van der Waals surface area contributed by atoms with Crippen molar-refractivity contribution in [3.63, 3.8) is 0 Å². The summed E-state index contributed by atoms with van der Waals surface area (Å²) in [5.41, 5.74) is 1.22. The number of hydrogen-bond acceptors (Lipinski definition) is 5. The van der Waals surface area contributed by atoms with Gasteiger partial charge in [0.05, 0.1) is 36.2 Å². The molecule has 11 heteroatoms. The number of nitrogens with zero attached hydrogens (tertiary/aromatic N) is 4. The number of nitrogens with one attached hydrogen (secondary N) is 1. The molecule has 1 aromatic heterocycles. The molecular weight excluding hydrogens is 541 g/mol. The molecule has 2 heterocycles. The second-order valence-corrected chi connectivity index (χ2v) is 12.7. The van der Waals surface area contributed by atoms with E-state index in [9.17, 15) is 9.00 Å². The highest BCUT2D eigenvalue weighted by Crippen LogP contribution is 2.43. The van der Waals surface area contributed by atoms with Crippen LogP contribution in [0.2, 0.25) is 5.02 Å². The largest absolute Gasteiger partial charge is 0.365 e. The highest BCUT2D eigenvalue weighted by molar-refractivity contribution is 7.87. The third-order valence-corrected chi connectivity index (χ3v) is 9.69. The van der Waals surface area contributed by atoms with Crippen molar-refractivity contribution in [3.05, 3.63) is 76.6 Å². The van der Waals surface area contributed by atoms with Crippen molar-refractivity contribution in [2.45, 2.75) is 62.5 Å². The number of aromatic nitrogens is 3. The Balaban J connectivity index is 1.36. The van der Waals surface area contributed by atoms with Gasteiger partial charge in [-0.15, -0.1) is 0 Å². The van der Waals surface area contributed by atoms with Crippen LogP contribution in [-0.2, 0) is 26.9 Å². The number of aromatic amines is 1. The monoisotopic (exact) mass is 571 g/mol. The maximum absolute atomic E-state index is 15.0. The first-order chi connectivity index (χ1) is 18.9. The zero-order chi connectivity index (χ0) is 27.1. The van der Waals surface area contributed by atoms with Gasteiger partial charge in [0.25, 0.3) is 5.91 Å². The van der Waals surface area contributed by atoms with Crippen LogP contribution in [0.5, 0.6) is 0 Å². The molecule has 4 atom stereocenters. The number of carbonyl (C=O) groups excluding carboxylic acids is 1. The number of rotatable bonds is 10. The van der Waals surface area contributed by atoms with Gasteiger partial charge in [0.1, 0.15) is 28.7 Å². The number of aryl methyl sites for hydroxylation is 1. The molecule has 1 aliphatic heterocycles. The number of halogens is 2. The Morgan fingerprint density at radius 2 is 1.92 bits per heavy atom. The maximum Gasteiger partial charge on any atom is 0.253 e. The predicted molar refractivity (Wildman–Crippen MR) is 147 cm³/mol. The number of anilines is 1. The van der Waals surface area contributed by atoms with E-state index in [1.807, 2.05) is 36.1 Å². The third kappa shape index (κ3) is 5.73. The van der Waals surface area contributed by atoms with Crippen LogP contribution in [0.3, 0.4) is 0 Å². The van der Waals surface area contributed by atoms with E-state index in [0.717, 1.165) is 31.2 Å². The quantitative estimate of drug-likeness (QED) is 0.386. The topological polar surface area (TPSA) is 91.4 Å². The number of carbonyl (C=O) groups is 1. The zero-order valence-corrected chi connectivity index (χ0v) is 23.2. The number of amides is 1. The lowest BCUT2D eigenvalue weighted by Crippen LogP contribution is -2.58. The van der Waals surface area contributed by atoms with Gasteiger partial charge in [0.15, 0.2) is 5.82 Å². The van der Waals surface area contributed by atoms with Crippen LogP contribution in [0, 0.1) is 18.7 Å². The number of ether oxygens (including phenoxy) is 1. The molecule has 3 aromatic rings. The van der Waals surface area contributed by atoms with Crippen LogP contribution in [-0.4, -0.2) is 60.7 Å². The van der Waals surface area contributed by atoms with Crippen LogP contribution in [0.15, 0.2) is 48.5 Å². The summed E-state index contributed by atoms with van der Waals surface area (Å²) in [4.78, 5) is 20.5. The Morgan fingerprint density at radius 1 is 1.18 bits per heavy atom. The summed E-state index contributed by atoms with van der Waals surface area (Å²) in [7, 11) is -1.40. The number of morpholine rings is 1. The molecule has 39 heavy (non-hydrogen) atoms. The van der Waals surface area contributed by atoms with Crippen molar-refractivity contribution in [1.29, 1.82) is 0 Å². The van der Waals surface area contributed by atoms with E-state index >= 15 is 4.39 Å². The van der Waals surface area contributed by atoms with Gasteiger partial charge in [0.2, 0.25) is 0 Å². The molecule has 1 N–H and O–H groups in total. The molecule has 2 saturated carbocycles. The summed E-state index contributed by atoms with van der Waals surface area (Å²) in [6.45, 7) is 2.37. The molecule has 2 aromatic carbocycles. The lowest BCUT2D eigenvalue weighted by atomic mass is 9.97. The van der Waals surface area contributed by atoms with E-state index in [4.69, 9.17) is 16.3 Å². The fourth-order valence-electron chi connectivity index (χ4n) is 5.29. The first-order valence-electron chi connectivity index (χ1n) is 13.4. The molecule has 3 aliphatic rings. The second-order valence-electron chi connectivity index (χ2n) is 10.6. The smallest absolute Gasteiger partial charge is 0.253 e. The van der Waals surface area contributed by atoms with E-state index < -0.39 is 22.9 Å². The molecule has 0 spiro atoms. The van der Waals surface area contributed by atoms with Crippen molar-refractivity contribution in [1.82, 2.24) is 20.1 Å². The summed E-state index contributed by atoms with van der Waals surface area (Å²) in [5.74, 6) is 0.830. The Bertz CT molecular complexity index is 1360. The fourth-order valence-corrected chi connectivity index (χ4v) is 6.96. The van der Waals surface area contributed by atoms with E-state index in [0.29, 0.717) is 22.4 Å². The molecule has 2 aliphatic carbocycles. The van der Waals surface area contributed by atoms with Crippen molar-refractivity contribution in [3.8, 4) is 0 Å². The highest BCUT2D eigenvalue weighted by Gasteiger charge is 2.48. The van der Waals surface area contributed by atoms with Gasteiger partial charge in [-0.2, -0.15) is 5.10 Å². The van der Waals surface area contributed by atoms with Crippen molar-refractivity contribution in [2.24, 2.45) is 5.92 Å². The van der Waals surface area contributed by atoms with Gasteiger partial charge in [-0.25, -0.2) is 13.6 Å². The molecule has 4 unspecified atom stereocenters. The van der Waals surface area contributed by atoms with E-state index in [-0.39, 0.29) is 48.7 Å². The minimum Gasteiger partial charge on any atom is -0.365 e. The van der Waals surface area contributed by atoms with Crippen molar-refractivity contribution < 1.29 is 18.1 Å².